The average molecular weight is 147 g/mol. The minimum atomic E-state index is -0.852. The molecule has 0 saturated carbocycles. The molecule has 0 bridgehead atoms. The molecule has 2 N–H and O–H groups in total. The van der Waals surface area contributed by atoms with Gasteiger partial charge in [-0.05, 0) is 0 Å². The van der Waals surface area contributed by atoms with Crippen molar-refractivity contribution in [3.63, 3.8) is 0 Å². The fourth-order valence-electron chi connectivity index (χ4n) is 0.966. The smallest absolute Gasteiger partial charge is 0.148 e. The summed E-state index contributed by atoms with van der Waals surface area (Å²) in [6.07, 6.45) is -1.47. The van der Waals surface area contributed by atoms with Crippen molar-refractivity contribution in [1.82, 2.24) is 0 Å². The largest absolute Gasteiger partial charge is 0.394 e. The van der Waals surface area contributed by atoms with Crippen LogP contribution < -0.4 is 0 Å². The average Bonchev–Trinajstić information content (AvgIpc) is 2.30. The van der Waals surface area contributed by atoms with Crippen LogP contribution in [0.15, 0.2) is 5.18 Å². The lowest BCUT2D eigenvalue weighted by Gasteiger charge is -2.08. The van der Waals surface area contributed by atoms with E-state index in [1.54, 1.807) is 0 Å². The number of aliphatic hydroxyl groups is 2. The molecule has 1 fully saturated rings. The zero-order chi connectivity index (χ0) is 7.56. The summed E-state index contributed by atoms with van der Waals surface area (Å²) in [6, 6.07) is -0.801. The molecule has 1 aliphatic heterocycles. The molecule has 0 spiro atoms. The van der Waals surface area contributed by atoms with E-state index in [4.69, 9.17) is 14.9 Å². The zero-order valence-corrected chi connectivity index (χ0v) is 5.30. The first-order valence-electron chi connectivity index (χ1n) is 3.02. The fourth-order valence-corrected chi connectivity index (χ4v) is 0.966. The summed E-state index contributed by atoms with van der Waals surface area (Å²) in [6.45, 7) is -0.185. The van der Waals surface area contributed by atoms with Crippen molar-refractivity contribution < 1.29 is 14.9 Å². The van der Waals surface area contributed by atoms with Gasteiger partial charge in [-0.15, -0.1) is 0 Å². The zero-order valence-electron chi connectivity index (χ0n) is 5.30. The summed E-state index contributed by atoms with van der Waals surface area (Å²) in [7, 11) is 0. The van der Waals surface area contributed by atoms with Crippen molar-refractivity contribution in [3.8, 4) is 0 Å². The second-order valence-corrected chi connectivity index (χ2v) is 2.22. The number of nitroso groups, excluding NO2 is 1. The Morgan fingerprint density at radius 1 is 1.70 bits per heavy atom. The third kappa shape index (κ3) is 1.16. The van der Waals surface area contributed by atoms with Crippen molar-refractivity contribution in [2.45, 2.75) is 18.2 Å². The molecule has 0 aromatic rings. The summed E-state index contributed by atoms with van der Waals surface area (Å²) in [5, 5.41) is 20.1. The van der Waals surface area contributed by atoms with Gasteiger partial charge in [0, 0.05) is 0 Å². The highest BCUT2D eigenvalue weighted by molar-refractivity contribution is 4.88. The molecule has 3 unspecified atom stereocenters. The van der Waals surface area contributed by atoms with Crippen molar-refractivity contribution >= 4 is 0 Å². The van der Waals surface area contributed by atoms with Crippen molar-refractivity contribution in [1.29, 1.82) is 0 Å². The predicted octanol–water partition coefficient (Wildman–Crippen LogP) is -1.13. The molecular weight excluding hydrogens is 138 g/mol. The van der Waals surface area contributed by atoms with Crippen LogP contribution in [-0.4, -0.2) is 41.7 Å². The number of nitrogens with zero attached hydrogens (tertiary/aromatic N) is 1. The molecule has 1 aliphatic rings. The molecule has 5 nitrogen and oxygen atoms in total. The van der Waals surface area contributed by atoms with Gasteiger partial charge in [0.25, 0.3) is 0 Å². The van der Waals surface area contributed by atoms with E-state index in [0.29, 0.717) is 0 Å². The van der Waals surface area contributed by atoms with Gasteiger partial charge in [-0.25, -0.2) is 0 Å². The van der Waals surface area contributed by atoms with E-state index in [0.717, 1.165) is 0 Å². The van der Waals surface area contributed by atoms with E-state index in [-0.39, 0.29) is 13.2 Å². The number of ether oxygens (including phenoxy) is 1. The third-order valence-electron chi connectivity index (χ3n) is 1.56. The van der Waals surface area contributed by atoms with E-state index in [2.05, 4.69) is 5.18 Å². The van der Waals surface area contributed by atoms with Crippen LogP contribution >= 0.6 is 0 Å². The minimum Gasteiger partial charge on any atom is -0.394 e. The number of rotatable bonds is 2. The maximum atomic E-state index is 9.99. The van der Waals surface area contributed by atoms with Crippen LogP contribution in [0.25, 0.3) is 0 Å². The Morgan fingerprint density at radius 2 is 2.40 bits per heavy atom. The highest BCUT2D eigenvalue weighted by Gasteiger charge is 2.36. The molecular formula is C5H9NO4. The molecule has 0 aromatic heterocycles. The van der Waals surface area contributed by atoms with Crippen LogP contribution in [0.1, 0.15) is 0 Å². The normalized spacial score (nSPS) is 40.0. The lowest BCUT2D eigenvalue weighted by Crippen LogP contribution is -2.30. The first-order chi connectivity index (χ1) is 4.79. The van der Waals surface area contributed by atoms with Gasteiger partial charge < -0.3 is 14.9 Å². The summed E-state index contributed by atoms with van der Waals surface area (Å²) in [5.74, 6) is 0. The highest BCUT2D eigenvalue weighted by atomic mass is 16.5. The number of hydrogen-bond donors (Lipinski definition) is 2. The summed E-state index contributed by atoms with van der Waals surface area (Å²) >= 11 is 0. The topological polar surface area (TPSA) is 79.1 Å². The molecule has 1 rings (SSSR count). The monoisotopic (exact) mass is 147 g/mol. The lowest BCUT2D eigenvalue weighted by atomic mass is 10.1. The second kappa shape index (κ2) is 3.05. The molecule has 0 aromatic carbocycles. The summed E-state index contributed by atoms with van der Waals surface area (Å²) in [5.41, 5.74) is 0. The van der Waals surface area contributed by atoms with Crippen molar-refractivity contribution in [3.05, 3.63) is 4.91 Å². The van der Waals surface area contributed by atoms with Gasteiger partial charge in [-0.1, -0.05) is 5.18 Å². The Kier molecular flexibility index (Phi) is 2.31. The molecule has 3 atom stereocenters. The molecule has 0 aliphatic carbocycles. The Hall–Kier alpha value is -0.520. The van der Waals surface area contributed by atoms with Gasteiger partial charge in [0.2, 0.25) is 0 Å². The first kappa shape index (κ1) is 7.59. The van der Waals surface area contributed by atoms with Gasteiger partial charge in [0.05, 0.1) is 13.2 Å². The first-order valence-corrected chi connectivity index (χ1v) is 3.02. The third-order valence-corrected chi connectivity index (χ3v) is 1.56. The molecule has 1 saturated heterocycles. The fraction of sp³-hybridized carbons (Fsp3) is 1.00. The van der Waals surface area contributed by atoms with Crippen molar-refractivity contribution in [2.75, 3.05) is 13.2 Å². The van der Waals surface area contributed by atoms with Gasteiger partial charge in [0.15, 0.2) is 0 Å². The minimum absolute atomic E-state index is 0.0850. The standard InChI is InChI=1S/C5H9NO4/c7-1-4-5(6-9)3(8)2-10-4/h3-5,7-8H,1-2H2. The van der Waals surface area contributed by atoms with Crippen LogP contribution in [0, 0.1) is 4.91 Å². The lowest BCUT2D eigenvalue weighted by molar-refractivity contribution is 0.0487. The Bertz CT molecular complexity index is 129. The van der Waals surface area contributed by atoms with E-state index in [1.165, 1.54) is 0 Å². The Labute approximate surface area is 57.6 Å². The number of hydrogen-bond acceptors (Lipinski definition) is 5. The second-order valence-electron chi connectivity index (χ2n) is 2.22. The Morgan fingerprint density at radius 3 is 2.80 bits per heavy atom. The predicted molar refractivity (Wildman–Crippen MR) is 32.4 cm³/mol. The molecule has 5 heteroatoms. The Balaban J connectivity index is 2.53. The maximum Gasteiger partial charge on any atom is 0.148 e. The molecule has 0 amide bonds. The van der Waals surface area contributed by atoms with Crippen LogP contribution in [-0.2, 0) is 4.74 Å². The van der Waals surface area contributed by atoms with Gasteiger partial charge in [0.1, 0.15) is 18.2 Å². The molecule has 1 heterocycles. The van der Waals surface area contributed by atoms with E-state index >= 15 is 0 Å². The van der Waals surface area contributed by atoms with E-state index in [9.17, 15) is 4.91 Å². The van der Waals surface area contributed by atoms with Gasteiger partial charge in [-0.2, -0.15) is 4.91 Å². The summed E-state index contributed by atoms with van der Waals surface area (Å²) in [4.78, 5) is 9.99. The van der Waals surface area contributed by atoms with E-state index in [1.807, 2.05) is 0 Å². The van der Waals surface area contributed by atoms with Crippen LogP contribution in [0.3, 0.4) is 0 Å². The molecule has 0 radical (unpaired) electrons. The van der Waals surface area contributed by atoms with Crippen LogP contribution in [0.4, 0.5) is 0 Å². The SMILES string of the molecule is O=NC1C(O)COC1CO. The highest BCUT2D eigenvalue weighted by Crippen LogP contribution is 2.16. The number of aliphatic hydroxyl groups excluding tert-OH is 2. The molecule has 58 valence electrons. The van der Waals surface area contributed by atoms with E-state index < -0.39 is 18.2 Å². The quantitative estimate of drug-likeness (QED) is 0.484. The van der Waals surface area contributed by atoms with Crippen molar-refractivity contribution in [2.24, 2.45) is 5.18 Å². The van der Waals surface area contributed by atoms with Gasteiger partial charge in [-0.3, -0.25) is 0 Å². The van der Waals surface area contributed by atoms with Crippen LogP contribution in [0.5, 0.6) is 0 Å². The van der Waals surface area contributed by atoms with Gasteiger partial charge >= 0.3 is 0 Å². The molecule has 10 heavy (non-hydrogen) atoms. The maximum absolute atomic E-state index is 9.99. The van der Waals surface area contributed by atoms with Crippen LogP contribution in [0.2, 0.25) is 0 Å². The summed E-state index contributed by atoms with van der Waals surface area (Å²) < 4.78 is 4.82.